The van der Waals surface area contributed by atoms with Crippen molar-refractivity contribution in [2.45, 2.75) is 13.0 Å². The van der Waals surface area contributed by atoms with E-state index in [1.807, 2.05) is 6.07 Å². The lowest BCUT2D eigenvalue weighted by atomic mass is 10.2. The quantitative estimate of drug-likeness (QED) is 0.842. The van der Waals surface area contributed by atoms with Crippen LogP contribution in [0, 0.1) is 11.3 Å². The molecule has 2 unspecified atom stereocenters. The Kier molecular flexibility index (Phi) is 4.79. The first kappa shape index (κ1) is 13.3. The van der Waals surface area contributed by atoms with Gasteiger partial charge >= 0.3 is 0 Å². The molecule has 1 heterocycles. The molecule has 17 heavy (non-hydrogen) atoms. The summed E-state index contributed by atoms with van der Waals surface area (Å²) < 4.78 is 11.0. The van der Waals surface area contributed by atoms with Crippen molar-refractivity contribution in [1.82, 2.24) is 10.3 Å². The van der Waals surface area contributed by atoms with Crippen LogP contribution in [0.1, 0.15) is 23.0 Å². The minimum absolute atomic E-state index is 0.175. The molecule has 0 radical (unpaired) electrons. The average Bonchev–Trinajstić information content (AvgIpc) is 2.28. The van der Waals surface area contributed by atoms with Crippen molar-refractivity contribution in [1.29, 1.82) is 5.26 Å². The molecule has 0 spiro atoms. The van der Waals surface area contributed by atoms with Crippen molar-refractivity contribution in [3.8, 4) is 6.07 Å². The van der Waals surface area contributed by atoms with E-state index in [2.05, 4.69) is 10.3 Å². The summed E-state index contributed by atoms with van der Waals surface area (Å²) in [6, 6.07) is 4.77. The molecule has 0 saturated carbocycles. The number of rotatable bonds is 4. The van der Waals surface area contributed by atoms with Crippen LogP contribution in [0.2, 0.25) is 0 Å². The van der Waals surface area contributed by atoms with Crippen LogP contribution in [0.4, 0.5) is 0 Å². The minimum Gasteiger partial charge on any atom is -0.347 e. The summed E-state index contributed by atoms with van der Waals surface area (Å²) in [5.74, 6) is 0.0783. The van der Waals surface area contributed by atoms with Crippen LogP contribution >= 0.6 is 0 Å². The molecular formula is C11H13N3O2S. The second-order valence-electron chi connectivity index (χ2n) is 3.66. The number of hydrogen-bond donors (Lipinski definition) is 1. The fraction of sp³-hybridized carbons (Fsp3) is 0.364. The number of aromatic nitrogens is 1. The lowest BCUT2D eigenvalue weighted by Gasteiger charge is -2.11. The summed E-state index contributed by atoms with van der Waals surface area (Å²) in [5.41, 5.74) is 0.655. The molecular weight excluding hydrogens is 238 g/mol. The van der Waals surface area contributed by atoms with Gasteiger partial charge < -0.3 is 5.32 Å². The summed E-state index contributed by atoms with van der Waals surface area (Å²) in [7, 11) is -0.952. The maximum absolute atomic E-state index is 11.7. The molecule has 6 heteroatoms. The van der Waals surface area contributed by atoms with Crippen LogP contribution in [-0.2, 0) is 10.8 Å². The smallest absolute Gasteiger partial charge is 0.270 e. The van der Waals surface area contributed by atoms with E-state index in [0.29, 0.717) is 11.3 Å². The molecule has 0 bridgehead atoms. The molecule has 0 aliphatic carbocycles. The Morgan fingerprint density at radius 3 is 2.82 bits per heavy atom. The SMILES string of the molecule is CC(CS(C)=O)NC(=O)c1ccc(C#N)cn1. The van der Waals surface area contributed by atoms with Gasteiger partial charge in [0, 0.05) is 35.0 Å². The van der Waals surface area contributed by atoms with E-state index < -0.39 is 10.8 Å². The van der Waals surface area contributed by atoms with Gasteiger partial charge in [0.1, 0.15) is 11.8 Å². The number of pyridine rings is 1. The minimum atomic E-state index is -0.952. The molecule has 0 aliphatic heterocycles. The fourth-order valence-electron chi connectivity index (χ4n) is 1.29. The van der Waals surface area contributed by atoms with Gasteiger partial charge in [0.15, 0.2) is 0 Å². The largest absolute Gasteiger partial charge is 0.347 e. The molecule has 1 amide bonds. The van der Waals surface area contributed by atoms with Gasteiger partial charge in [-0.05, 0) is 19.1 Å². The molecule has 0 fully saturated rings. The van der Waals surface area contributed by atoms with Gasteiger partial charge in [-0.3, -0.25) is 9.00 Å². The first-order valence-corrected chi connectivity index (χ1v) is 6.72. The van der Waals surface area contributed by atoms with Gasteiger partial charge in [-0.2, -0.15) is 5.26 Å². The molecule has 1 aromatic rings. The summed E-state index contributed by atoms with van der Waals surface area (Å²) in [5, 5.41) is 11.3. The molecule has 1 rings (SSSR count). The molecule has 0 aliphatic rings. The monoisotopic (exact) mass is 251 g/mol. The van der Waals surface area contributed by atoms with Crippen molar-refractivity contribution in [3.05, 3.63) is 29.6 Å². The van der Waals surface area contributed by atoms with E-state index >= 15 is 0 Å². The van der Waals surface area contributed by atoms with E-state index in [1.165, 1.54) is 18.3 Å². The number of nitriles is 1. The molecule has 1 N–H and O–H groups in total. The van der Waals surface area contributed by atoms with Crippen molar-refractivity contribution < 1.29 is 9.00 Å². The second-order valence-corrected chi connectivity index (χ2v) is 5.14. The third-order valence-corrected chi connectivity index (χ3v) is 2.96. The van der Waals surface area contributed by atoms with Crippen LogP contribution in [-0.4, -0.2) is 33.2 Å². The van der Waals surface area contributed by atoms with Crippen LogP contribution in [0.15, 0.2) is 18.3 Å². The van der Waals surface area contributed by atoms with Crippen LogP contribution in [0.3, 0.4) is 0 Å². The third kappa shape index (κ3) is 4.33. The topological polar surface area (TPSA) is 82.9 Å². The zero-order valence-electron chi connectivity index (χ0n) is 9.64. The molecule has 90 valence electrons. The summed E-state index contributed by atoms with van der Waals surface area (Å²) in [4.78, 5) is 15.6. The Morgan fingerprint density at radius 2 is 2.35 bits per heavy atom. The second kappa shape index (κ2) is 6.11. The summed E-state index contributed by atoms with van der Waals surface area (Å²) in [6.45, 7) is 1.78. The highest BCUT2D eigenvalue weighted by Gasteiger charge is 2.11. The van der Waals surface area contributed by atoms with E-state index in [-0.39, 0.29) is 17.6 Å². The predicted molar refractivity (Wildman–Crippen MR) is 64.8 cm³/mol. The van der Waals surface area contributed by atoms with E-state index in [9.17, 15) is 9.00 Å². The van der Waals surface area contributed by atoms with Gasteiger partial charge in [0.25, 0.3) is 5.91 Å². The highest BCUT2D eigenvalue weighted by Crippen LogP contribution is 1.99. The maximum Gasteiger partial charge on any atom is 0.270 e. The molecule has 1 aromatic heterocycles. The Morgan fingerprint density at radius 1 is 1.65 bits per heavy atom. The van der Waals surface area contributed by atoms with Gasteiger partial charge in [0.05, 0.1) is 5.56 Å². The fourth-order valence-corrected chi connectivity index (χ4v) is 2.07. The van der Waals surface area contributed by atoms with Gasteiger partial charge in [-0.25, -0.2) is 4.98 Å². The Bertz CT molecular complexity index is 465. The average molecular weight is 251 g/mol. The number of hydrogen-bond acceptors (Lipinski definition) is 4. The zero-order valence-corrected chi connectivity index (χ0v) is 10.5. The van der Waals surface area contributed by atoms with Crippen LogP contribution in [0.5, 0.6) is 0 Å². The number of amides is 1. The highest BCUT2D eigenvalue weighted by atomic mass is 32.2. The number of carbonyl (C=O) groups excluding carboxylic acids is 1. The van der Waals surface area contributed by atoms with Crippen LogP contribution in [0.25, 0.3) is 0 Å². The van der Waals surface area contributed by atoms with Crippen LogP contribution < -0.4 is 5.32 Å². The standard InChI is InChI=1S/C11H13N3O2S/c1-8(7-17(2)16)14-11(15)10-4-3-9(5-12)6-13-10/h3-4,6,8H,7H2,1-2H3,(H,14,15). The van der Waals surface area contributed by atoms with Crippen molar-refractivity contribution in [2.24, 2.45) is 0 Å². The van der Waals surface area contributed by atoms with Gasteiger partial charge in [0.2, 0.25) is 0 Å². The van der Waals surface area contributed by atoms with E-state index in [0.717, 1.165) is 0 Å². The lowest BCUT2D eigenvalue weighted by Crippen LogP contribution is -2.36. The molecule has 0 saturated heterocycles. The third-order valence-electron chi connectivity index (χ3n) is 1.99. The predicted octanol–water partition coefficient (Wildman–Crippen LogP) is 0.450. The first-order chi connectivity index (χ1) is 8.02. The Labute approximate surface area is 102 Å². The Hall–Kier alpha value is -1.74. The summed E-state index contributed by atoms with van der Waals surface area (Å²) >= 11 is 0. The van der Waals surface area contributed by atoms with Gasteiger partial charge in [-0.1, -0.05) is 0 Å². The summed E-state index contributed by atoms with van der Waals surface area (Å²) in [6.07, 6.45) is 2.93. The molecule has 5 nitrogen and oxygen atoms in total. The van der Waals surface area contributed by atoms with Gasteiger partial charge in [-0.15, -0.1) is 0 Å². The van der Waals surface area contributed by atoms with E-state index in [4.69, 9.17) is 5.26 Å². The number of carbonyl (C=O) groups is 1. The maximum atomic E-state index is 11.7. The lowest BCUT2D eigenvalue weighted by molar-refractivity contribution is 0.0938. The van der Waals surface area contributed by atoms with E-state index in [1.54, 1.807) is 13.2 Å². The number of nitrogens with one attached hydrogen (secondary N) is 1. The molecule has 2 atom stereocenters. The first-order valence-electron chi connectivity index (χ1n) is 5.00. The molecule has 0 aromatic carbocycles. The van der Waals surface area contributed by atoms with Crippen molar-refractivity contribution in [2.75, 3.05) is 12.0 Å². The Balaban J connectivity index is 2.64. The van der Waals surface area contributed by atoms with Crippen molar-refractivity contribution >= 4 is 16.7 Å². The van der Waals surface area contributed by atoms with Crippen molar-refractivity contribution in [3.63, 3.8) is 0 Å². The normalized spacial score (nSPS) is 13.5. The zero-order chi connectivity index (χ0) is 12.8. The number of nitrogens with zero attached hydrogens (tertiary/aromatic N) is 2. The highest BCUT2D eigenvalue weighted by molar-refractivity contribution is 7.84.